The molecule has 136 valence electrons. The molecule has 0 aliphatic carbocycles. The smallest absolute Gasteiger partial charge is 0.324 e. The highest BCUT2D eigenvalue weighted by Gasteiger charge is 2.37. The Morgan fingerprint density at radius 1 is 0.917 bits per heavy atom. The van der Waals surface area contributed by atoms with Crippen molar-refractivity contribution in [2.45, 2.75) is 66.3 Å². The molecule has 1 aromatic rings. The van der Waals surface area contributed by atoms with Crippen LogP contribution in [0.2, 0.25) is 0 Å². The van der Waals surface area contributed by atoms with Crippen molar-refractivity contribution in [2.75, 3.05) is 7.11 Å². The Hall–Kier alpha value is -1.40. The van der Waals surface area contributed by atoms with E-state index in [0.29, 0.717) is 11.1 Å². The first-order valence-electron chi connectivity index (χ1n) is 7.92. The summed E-state index contributed by atoms with van der Waals surface area (Å²) in [7, 11) is -2.62. The molecular weight excluding hydrogens is 326 g/mol. The van der Waals surface area contributed by atoms with Crippen molar-refractivity contribution in [3.8, 4) is 0 Å². The van der Waals surface area contributed by atoms with Crippen molar-refractivity contribution in [3.63, 3.8) is 0 Å². The van der Waals surface area contributed by atoms with E-state index in [9.17, 15) is 13.2 Å². The predicted molar refractivity (Wildman–Crippen MR) is 95.7 cm³/mol. The molecule has 0 bridgehead atoms. The molecule has 1 N–H and O–H groups in total. The quantitative estimate of drug-likeness (QED) is 0.843. The lowest BCUT2D eigenvalue weighted by atomic mass is 9.87. The highest BCUT2D eigenvalue weighted by atomic mass is 32.2. The molecule has 0 radical (unpaired) electrons. The molecule has 1 rings (SSSR count). The lowest BCUT2D eigenvalue weighted by molar-refractivity contribution is -0.145. The number of hydrogen-bond donors (Lipinski definition) is 1. The number of carbonyl (C=O) groups excluding carboxylic acids is 1. The summed E-state index contributed by atoms with van der Waals surface area (Å²) in [6.45, 7) is 14.8. The van der Waals surface area contributed by atoms with Crippen LogP contribution in [0.5, 0.6) is 0 Å². The molecule has 0 aromatic heterocycles. The van der Waals surface area contributed by atoms with Crippen LogP contribution in [-0.2, 0) is 19.6 Å². The summed E-state index contributed by atoms with van der Waals surface area (Å²) in [5.41, 5.74) is 3.79. The van der Waals surface area contributed by atoms with Crippen LogP contribution in [0.15, 0.2) is 4.90 Å². The molecule has 0 fully saturated rings. The lowest BCUT2D eigenvalue weighted by Crippen LogP contribution is -2.49. The van der Waals surface area contributed by atoms with Gasteiger partial charge in [0.1, 0.15) is 6.04 Å². The first-order valence-corrected chi connectivity index (χ1v) is 9.41. The number of benzene rings is 1. The molecule has 0 saturated heterocycles. The molecule has 0 heterocycles. The molecular formula is C18H29NO4S. The average molecular weight is 356 g/mol. The summed E-state index contributed by atoms with van der Waals surface area (Å²) in [6.07, 6.45) is 0. The van der Waals surface area contributed by atoms with E-state index in [1.54, 1.807) is 34.6 Å². The van der Waals surface area contributed by atoms with Gasteiger partial charge in [0.25, 0.3) is 0 Å². The minimum absolute atomic E-state index is 0.251. The monoisotopic (exact) mass is 355 g/mol. The number of ether oxygens (including phenoxy) is 1. The fraction of sp³-hybridized carbons (Fsp3) is 0.611. The summed E-state index contributed by atoms with van der Waals surface area (Å²) in [6, 6.07) is -0.965. The van der Waals surface area contributed by atoms with Crippen LogP contribution in [-0.4, -0.2) is 27.5 Å². The van der Waals surface area contributed by atoms with Gasteiger partial charge in [0.15, 0.2) is 0 Å². The van der Waals surface area contributed by atoms with Crippen LogP contribution in [0.4, 0.5) is 0 Å². The molecule has 6 heteroatoms. The number of sulfonamides is 1. The van der Waals surface area contributed by atoms with Gasteiger partial charge < -0.3 is 4.74 Å². The third kappa shape index (κ3) is 3.81. The summed E-state index contributed by atoms with van der Waals surface area (Å²) in [5.74, 6) is -0.595. The van der Waals surface area contributed by atoms with E-state index < -0.39 is 27.4 Å². The van der Waals surface area contributed by atoms with Gasteiger partial charge in [-0.3, -0.25) is 4.79 Å². The van der Waals surface area contributed by atoms with Crippen molar-refractivity contribution in [1.29, 1.82) is 0 Å². The molecule has 0 spiro atoms. The van der Waals surface area contributed by atoms with Gasteiger partial charge in [0.2, 0.25) is 10.0 Å². The second-order valence-corrected chi connectivity index (χ2v) is 9.05. The van der Waals surface area contributed by atoms with Gasteiger partial charge in [-0.2, -0.15) is 4.72 Å². The molecule has 24 heavy (non-hydrogen) atoms. The van der Waals surface area contributed by atoms with E-state index in [2.05, 4.69) is 4.72 Å². The third-order valence-corrected chi connectivity index (χ3v) is 6.47. The number of rotatable bonds is 4. The van der Waals surface area contributed by atoms with E-state index in [-0.39, 0.29) is 4.90 Å². The van der Waals surface area contributed by atoms with Crippen LogP contribution in [0.25, 0.3) is 0 Å². The van der Waals surface area contributed by atoms with E-state index in [1.807, 2.05) is 20.8 Å². The molecule has 0 amide bonds. The van der Waals surface area contributed by atoms with E-state index in [1.165, 1.54) is 7.11 Å². The van der Waals surface area contributed by atoms with Gasteiger partial charge >= 0.3 is 5.97 Å². The number of nitrogens with one attached hydrogen (secondary N) is 1. The Morgan fingerprint density at radius 2 is 1.29 bits per heavy atom. The molecule has 1 unspecified atom stereocenters. The van der Waals surface area contributed by atoms with Gasteiger partial charge in [0.05, 0.1) is 12.0 Å². The normalized spacial score (nSPS) is 13.7. The fourth-order valence-corrected chi connectivity index (χ4v) is 4.77. The topological polar surface area (TPSA) is 72.5 Å². The second kappa shape index (κ2) is 6.84. The number of carbonyl (C=O) groups is 1. The van der Waals surface area contributed by atoms with Crippen LogP contribution in [0.1, 0.15) is 48.6 Å². The third-order valence-electron chi connectivity index (χ3n) is 4.78. The van der Waals surface area contributed by atoms with Gasteiger partial charge in [0, 0.05) is 0 Å². The van der Waals surface area contributed by atoms with Crippen molar-refractivity contribution in [1.82, 2.24) is 4.72 Å². The van der Waals surface area contributed by atoms with Crippen molar-refractivity contribution in [2.24, 2.45) is 5.41 Å². The molecule has 0 aliphatic rings. The van der Waals surface area contributed by atoms with Crippen molar-refractivity contribution >= 4 is 16.0 Å². The first-order chi connectivity index (χ1) is 10.8. The minimum atomic E-state index is -3.87. The zero-order valence-corrected chi connectivity index (χ0v) is 16.9. The Labute approximate surface area is 145 Å². The van der Waals surface area contributed by atoms with Crippen molar-refractivity contribution < 1.29 is 17.9 Å². The SMILES string of the molecule is COC(=O)C(NS(=O)(=O)c1c(C)c(C)c(C)c(C)c1C)C(C)(C)C. The summed E-state index contributed by atoms with van der Waals surface area (Å²) >= 11 is 0. The molecule has 5 nitrogen and oxygen atoms in total. The Bertz CT molecular complexity index is 729. The Kier molecular flexibility index (Phi) is 5.89. The molecule has 0 aliphatic heterocycles. The van der Waals surface area contributed by atoms with Gasteiger partial charge in [-0.25, -0.2) is 8.42 Å². The van der Waals surface area contributed by atoms with Gasteiger partial charge in [-0.1, -0.05) is 20.8 Å². The fourth-order valence-electron chi connectivity index (χ4n) is 2.78. The molecule has 0 saturated carbocycles. The zero-order chi connectivity index (χ0) is 19.0. The molecule has 1 atom stereocenters. The maximum absolute atomic E-state index is 13.0. The average Bonchev–Trinajstić information content (AvgIpc) is 2.46. The van der Waals surface area contributed by atoms with Crippen LogP contribution in [0.3, 0.4) is 0 Å². The second-order valence-electron chi connectivity index (χ2n) is 7.40. The van der Waals surface area contributed by atoms with E-state index >= 15 is 0 Å². The lowest BCUT2D eigenvalue weighted by Gasteiger charge is -2.29. The number of methoxy groups -OCH3 is 1. The summed E-state index contributed by atoms with van der Waals surface area (Å²) < 4.78 is 33.4. The largest absolute Gasteiger partial charge is 0.468 e. The Balaban J connectivity index is 3.54. The van der Waals surface area contributed by atoms with Gasteiger partial charge in [-0.05, 0) is 67.9 Å². The predicted octanol–water partition coefficient (Wildman–Crippen LogP) is 3.09. The maximum Gasteiger partial charge on any atom is 0.324 e. The summed E-state index contributed by atoms with van der Waals surface area (Å²) in [5, 5.41) is 0. The van der Waals surface area contributed by atoms with Gasteiger partial charge in [-0.15, -0.1) is 0 Å². The van der Waals surface area contributed by atoms with E-state index in [0.717, 1.165) is 16.7 Å². The highest BCUT2D eigenvalue weighted by molar-refractivity contribution is 7.89. The van der Waals surface area contributed by atoms with Crippen molar-refractivity contribution in [3.05, 3.63) is 27.8 Å². The standard InChI is InChI=1S/C18H29NO4S/c1-10-11(2)13(4)15(14(5)12(10)3)24(21,22)19-16(17(20)23-9)18(6,7)8/h16,19H,1-9H3. The minimum Gasteiger partial charge on any atom is -0.468 e. The highest BCUT2D eigenvalue weighted by Crippen LogP contribution is 2.31. The Morgan fingerprint density at radius 3 is 1.62 bits per heavy atom. The zero-order valence-electron chi connectivity index (χ0n) is 16.1. The summed E-state index contributed by atoms with van der Waals surface area (Å²) in [4.78, 5) is 12.3. The number of esters is 1. The van der Waals surface area contributed by atoms with Crippen LogP contribution >= 0.6 is 0 Å². The first kappa shape index (κ1) is 20.6. The molecule has 1 aromatic carbocycles. The number of hydrogen-bond acceptors (Lipinski definition) is 4. The van der Waals surface area contributed by atoms with E-state index in [4.69, 9.17) is 4.74 Å². The van der Waals surface area contributed by atoms with Crippen LogP contribution < -0.4 is 4.72 Å². The maximum atomic E-state index is 13.0. The van der Waals surface area contributed by atoms with Crippen LogP contribution in [0, 0.1) is 40.0 Å².